The van der Waals surface area contributed by atoms with Crippen LogP contribution in [0.4, 0.5) is 0 Å². The Morgan fingerprint density at radius 1 is 1.27 bits per heavy atom. The van der Waals surface area contributed by atoms with E-state index in [0.717, 1.165) is 56.0 Å². The van der Waals surface area contributed by atoms with Gasteiger partial charge in [-0.3, -0.25) is 9.89 Å². The molecule has 140 valence electrons. The summed E-state index contributed by atoms with van der Waals surface area (Å²) in [5.74, 6) is 0.886. The minimum Gasteiger partial charge on any atom is -0.355 e. The van der Waals surface area contributed by atoms with Crippen molar-refractivity contribution >= 4 is 21.9 Å². The number of rotatable bonds is 6. The Bertz CT molecular complexity index is 675. The summed E-state index contributed by atoms with van der Waals surface area (Å²) in [7, 11) is 1.83. The first-order chi connectivity index (χ1) is 12.7. The number of guanidine groups is 1. The van der Waals surface area contributed by atoms with Crippen LogP contribution in [0.5, 0.6) is 0 Å². The number of likely N-dealkylation sites (tertiary alicyclic amines) is 1. The molecule has 2 heterocycles. The highest BCUT2D eigenvalue weighted by Crippen LogP contribution is 2.16. The summed E-state index contributed by atoms with van der Waals surface area (Å²) < 4.78 is 3.19. The number of nitrogens with zero attached hydrogens (tertiary/aromatic N) is 4. The third kappa shape index (κ3) is 5.85. The summed E-state index contributed by atoms with van der Waals surface area (Å²) in [6.45, 7) is 4.96. The number of imidazole rings is 1. The highest BCUT2D eigenvalue weighted by molar-refractivity contribution is 9.10. The monoisotopic (exact) mass is 418 g/mol. The number of aromatic nitrogens is 2. The van der Waals surface area contributed by atoms with Crippen molar-refractivity contribution in [3.05, 3.63) is 53.0 Å². The molecule has 2 aromatic rings. The van der Waals surface area contributed by atoms with Crippen LogP contribution in [0.1, 0.15) is 18.4 Å². The third-order valence-electron chi connectivity index (χ3n) is 4.69. The zero-order valence-corrected chi connectivity index (χ0v) is 16.8. The number of hydrogen-bond donors (Lipinski definition) is 2. The molecule has 2 N–H and O–H groups in total. The van der Waals surface area contributed by atoms with Gasteiger partial charge in [0.1, 0.15) is 0 Å². The van der Waals surface area contributed by atoms with E-state index in [-0.39, 0.29) is 0 Å². The Balaban J connectivity index is 1.37. The molecule has 0 aliphatic carbocycles. The van der Waals surface area contributed by atoms with Crippen molar-refractivity contribution < 1.29 is 0 Å². The van der Waals surface area contributed by atoms with E-state index in [0.29, 0.717) is 6.04 Å². The summed E-state index contributed by atoms with van der Waals surface area (Å²) >= 11 is 3.49. The Kier molecular flexibility index (Phi) is 7.08. The lowest BCUT2D eigenvalue weighted by Gasteiger charge is -2.33. The lowest BCUT2D eigenvalue weighted by Crippen LogP contribution is -2.48. The molecule has 0 bridgehead atoms. The largest absolute Gasteiger partial charge is 0.355 e. The molecule has 1 aromatic carbocycles. The van der Waals surface area contributed by atoms with Gasteiger partial charge in [0, 0.05) is 62.7 Å². The van der Waals surface area contributed by atoms with E-state index in [1.165, 1.54) is 5.56 Å². The highest BCUT2D eigenvalue weighted by Gasteiger charge is 2.19. The quantitative estimate of drug-likeness (QED) is 0.558. The molecule has 1 fully saturated rings. The fourth-order valence-electron chi connectivity index (χ4n) is 3.19. The molecule has 0 amide bonds. The van der Waals surface area contributed by atoms with Crippen LogP contribution in [0.2, 0.25) is 0 Å². The van der Waals surface area contributed by atoms with Gasteiger partial charge in [-0.2, -0.15) is 0 Å². The Morgan fingerprint density at radius 3 is 2.69 bits per heavy atom. The number of aliphatic imine (C=N–C) groups is 1. The maximum atomic E-state index is 4.35. The lowest BCUT2D eigenvalue weighted by atomic mass is 10.0. The SMILES string of the molecule is CN=C(NCCn1ccnc1)NC1CCN(Cc2ccc(Br)cc2)CC1. The van der Waals surface area contributed by atoms with E-state index >= 15 is 0 Å². The molecule has 1 saturated heterocycles. The van der Waals surface area contributed by atoms with Gasteiger partial charge in [-0.25, -0.2) is 4.98 Å². The molecule has 0 saturated carbocycles. The van der Waals surface area contributed by atoms with Gasteiger partial charge in [-0.1, -0.05) is 28.1 Å². The fraction of sp³-hybridized carbons (Fsp3) is 0.474. The molecule has 26 heavy (non-hydrogen) atoms. The first-order valence-corrected chi connectivity index (χ1v) is 9.92. The molecule has 3 rings (SSSR count). The second-order valence-corrected chi connectivity index (χ2v) is 7.54. The van der Waals surface area contributed by atoms with Gasteiger partial charge in [-0.15, -0.1) is 0 Å². The Labute approximate surface area is 163 Å². The lowest BCUT2D eigenvalue weighted by molar-refractivity contribution is 0.198. The van der Waals surface area contributed by atoms with Gasteiger partial charge in [0.25, 0.3) is 0 Å². The average molecular weight is 419 g/mol. The average Bonchev–Trinajstić information content (AvgIpc) is 3.18. The number of hydrogen-bond acceptors (Lipinski definition) is 3. The van der Waals surface area contributed by atoms with Crippen molar-refractivity contribution in [2.45, 2.75) is 32.0 Å². The van der Waals surface area contributed by atoms with E-state index < -0.39 is 0 Å². The van der Waals surface area contributed by atoms with Gasteiger partial charge in [0.2, 0.25) is 0 Å². The molecular formula is C19H27BrN6. The topological polar surface area (TPSA) is 57.5 Å². The molecule has 7 heteroatoms. The van der Waals surface area contributed by atoms with Crippen LogP contribution in [-0.4, -0.2) is 53.1 Å². The third-order valence-corrected chi connectivity index (χ3v) is 5.22. The summed E-state index contributed by atoms with van der Waals surface area (Å²) in [4.78, 5) is 10.9. The van der Waals surface area contributed by atoms with Crippen LogP contribution in [0.25, 0.3) is 0 Å². The molecular weight excluding hydrogens is 392 g/mol. The minimum atomic E-state index is 0.482. The van der Waals surface area contributed by atoms with E-state index in [9.17, 15) is 0 Å². The van der Waals surface area contributed by atoms with Crippen LogP contribution in [-0.2, 0) is 13.1 Å². The molecule has 6 nitrogen and oxygen atoms in total. The number of nitrogens with one attached hydrogen (secondary N) is 2. The van der Waals surface area contributed by atoms with Crippen molar-refractivity contribution in [1.82, 2.24) is 25.1 Å². The summed E-state index contributed by atoms with van der Waals surface area (Å²) in [6, 6.07) is 9.10. The van der Waals surface area contributed by atoms with Crippen molar-refractivity contribution in [1.29, 1.82) is 0 Å². The number of piperidine rings is 1. The van der Waals surface area contributed by atoms with Crippen LogP contribution in [0.15, 0.2) is 52.5 Å². The molecule has 1 aliphatic rings. The number of halogens is 1. The van der Waals surface area contributed by atoms with Crippen molar-refractivity contribution in [2.24, 2.45) is 4.99 Å². The standard InChI is InChI=1S/C19H27BrN6/c1-21-19(23-9-13-26-12-8-22-15-26)24-18-6-10-25(11-7-18)14-16-2-4-17(20)5-3-16/h2-5,8,12,15,18H,6-7,9-11,13-14H2,1H3,(H2,21,23,24). The van der Waals surface area contributed by atoms with Crippen LogP contribution in [0.3, 0.4) is 0 Å². The zero-order valence-electron chi connectivity index (χ0n) is 15.2. The first kappa shape index (κ1) is 18.9. The van der Waals surface area contributed by atoms with E-state index in [4.69, 9.17) is 0 Å². The predicted octanol–water partition coefficient (Wildman–Crippen LogP) is 2.48. The normalized spacial score (nSPS) is 16.6. The maximum Gasteiger partial charge on any atom is 0.191 e. The van der Waals surface area contributed by atoms with Gasteiger partial charge in [0.15, 0.2) is 5.96 Å². The molecule has 1 aromatic heterocycles. The smallest absolute Gasteiger partial charge is 0.191 e. The van der Waals surface area contributed by atoms with Crippen LogP contribution in [0, 0.1) is 0 Å². The van der Waals surface area contributed by atoms with E-state index in [1.807, 2.05) is 19.6 Å². The van der Waals surface area contributed by atoms with Gasteiger partial charge >= 0.3 is 0 Å². The molecule has 0 spiro atoms. The summed E-state index contributed by atoms with van der Waals surface area (Å²) in [5.41, 5.74) is 1.37. The summed E-state index contributed by atoms with van der Waals surface area (Å²) in [6.07, 6.45) is 7.88. The predicted molar refractivity (Wildman–Crippen MR) is 109 cm³/mol. The summed E-state index contributed by atoms with van der Waals surface area (Å²) in [5, 5.41) is 6.94. The second-order valence-electron chi connectivity index (χ2n) is 6.62. The maximum absolute atomic E-state index is 4.35. The van der Waals surface area contributed by atoms with Crippen LogP contribution < -0.4 is 10.6 Å². The molecule has 0 atom stereocenters. The highest BCUT2D eigenvalue weighted by atomic mass is 79.9. The molecule has 0 unspecified atom stereocenters. The zero-order chi connectivity index (χ0) is 18.2. The molecule has 0 radical (unpaired) electrons. The van der Waals surface area contributed by atoms with E-state index in [1.54, 1.807) is 6.20 Å². The van der Waals surface area contributed by atoms with Gasteiger partial charge < -0.3 is 15.2 Å². The minimum absolute atomic E-state index is 0.482. The van der Waals surface area contributed by atoms with Gasteiger partial charge in [-0.05, 0) is 30.5 Å². The van der Waals surface area contributed by atoms with E-state index in [2.05, 4.69) is 70.3 Å². The van der Waals surface area contributed by atoms with Gasteiger partial charge in [0.05, 0.1) is 6.33 Å². The fourth-order valence-corrected chi connectivity index (χ4v) is 3.46. The first-order valence-electron chi connectivity index (χ1n) is 9.12. The molecule has 1 aliphatic heterocycles. The van der Waals surface area contributed by atoms with Crippen LogP contribution >= 0.6 is 15.9 Å². The number of benzene rings is 1. The van der Waals surface area contributed by atoms with Crippen molar-refractivity contribution in [3.63, 3.8) is 0 Å². The second kappa shape index (κ2) is 9.73. The van der Waals surface area contributed by atoms with Crippen molar-refractivity contribution in [2.75, 3.05) is 26.7 Å². The van der Waals surface area contributed by atoms with Crippen molar-refractivity contribution in [3.8, 4) is 0 Å². The Morgan fingerprint density at radius 2 is 2.04 bits per heavy atom. The Hall–Kier alpha value is -1.86.